The summed E-state index contributed by atoms with van der Waals surface area (Å²) in [5, 5.41) is 9.65. The molecule has 7 heteroatoms. The molecular formula is C13H17ClN2O3S. The Kier molecular flexibility index (Phi) is 4.34. The van der Waals surface area contributed by atoms with Crippen LogP contribution in [-0.2, 0) is 11.8 Å². The number of carbonyl (C=O) groups excluding carboxylic acids is 1. The maximum atomic E-state index is 12.7. The minimum Gasteiger partial charge on any atom is -0.480 e. The van der Waals surface area contributed by atoms with Crippen LogP contribution in [0.15, 0.2) is 12.3 Å². The Bertz CT molecular complexity index is 544. The van der Waals surface area contributed by atoms with Crippen LogP contribution in [0.3, 0.4) is 0 Å². The van der Waals surface area contributed by atoms with E-state index in [0.717, 1.165) is 0 Å². The fourth-order valence-electron chi connectivity index (χ4n) is 2.36. The lowest BCUT2D eigenvalue weighted by Crippen LogP contribution is -2.47. The van der Waals surface area contributed by atoms with Crippen molar-refractivity contribution in [2.75, 3.05) is 5.75 Å². The SMILES string of the molecule is CC(C)C1SCC(C(=O)O)N1C(=O)c1cc(Cl)cn1C. The first-order chi connectivity index (χ1) is 9.32. The molecule has 0 aromatic carbocycles. The van der Waals surface area contributed by atoms with E-state index >= 15 is 0 Å². The zero-order valence-corrected chi connectivity index (χ0v) is 13.1. The van der Waals surface area contributed by atoms with Crippen LogP contribution in [0.1, 0.15) is 24.3 Å². The average molecular weight is 317 g/mol. The molecular weight excluding hydrogens is 300 g/mol. The summed E-state index contributed by atoms with van der Waals surface area (Å²) in [5.74, 6) is -0.643. The van der Waals surface area contributed by atoms with Crippen molar-refractivity contribution in [2.24, 2.45) is 13.0 Å². The highest BCUT2D eigenvalue weighted by molar-refractivity contribution is 8.00. The summed E-state index contributed by atoms with van der Waals surface area (Å²) in [5.41, 5.74) is 0.411. The third-order valence-corrected chi connectivity index (χ3v) is 5.14. The summed E-state index contributed by atoms with van der Waals surface area (Å²) in [4.78, 5) is 25.5. The smallest absolute Gasteiger partial charge is 0.327 e. The van der Waals surface area contributed by atoms with Gasteiger partial charge in [0.15, 0.2) is 0 Å². The number of carboxylic acid groups (broad SMARTS) is 1. The van der Waals surface area contributed by atoms with E-state index < -0.39 is 12.0 Å². The number of aryl methyl sites for hydroxylation is 1. The molecule has 0 bridgehead atoms. The van der Waals surface area contributed by atoms with Crippen LogP contribution in [-0.4, -0.2) is 43.6 Å². The Balaban J connectivity index is 2.37. The normalized spacial score (nSPS) is 22.6. The van der Waals surface area contributed by atoms with Crippen molar-refractivity contribution in [1.82, 2.24) is 9.47 Å². The van der Waals surface area contributed by atoms with Crippen LogP contribution in [0.2, 0.25) is 5.02 Å². The molecule has 1 aromatic heterocycles. The van der Waals surface area contributed by atoms with Gasteiger partial charge in [0.2, 0.25) is 0 Å². The Morgan fingerprint density at radius 2 is 2.15 bits per heavy atom. The van der Waals surface area contributed by atoms with E-state index in [1.54, 1.807) is 23.9 Å². The van der Waals surface area contributed by atoms with Crippen LogP contribution in [0.5, 0.6) is 0 Å². The first kappa shape index (κ1) is 15.3. The highest BCUT2D eigenvalue weighted by Crippen LogP contribution is 2.35. The van der Waals surface area contributed by atoms with Crippen LogP contribution in [0.25, 0.3) is 0 Å². The van der Waals surface area contributed by atoms with Crippen molar-refractivity contribution in [3.05, 3.63) is 23.0 Å². The number of aromatic nitrogens is 1. The standard InChI is InChI=1S/C13H17ClN2O3S/c1-7(2)12-16(10(6-20-12)13(18)19)11(17)9-4-8(14)5-15(9)3/h4-5,7,10,12H,6H2,1-3H3,(H,18,19). The van der Waals surface area contributed by atoms with Gasteiger partial charge >= 0.3 is 5.97 Å². The monoisotopic (exact) mass is 316 g/mol. The van der Waals surface area contributed by atoms with Gasteiger partial charge in [0.05, 0.1) is 10.4 Å². The Hall–Kier alpha value is -1.14. The first-order valence-corrected chi connectivity index (χ1v) is 7.74. The molecule has 1 amide bonds. The van der Waals surface area contributed by atoms with E-state index in [0.29, 0.717) is 16.5 Å². The molecule has 0 radical (unpaired) electrons. The maximum absolute atomic E-state index is 12.7. The molecule has 1 aliphatic rings. The molecule has 110 valence electrons. The molecule has 0 aliphatic carbocycles. The molecule has 1 fully saturated rings. The summed E-state index contributed by atoms with van der Waals surface area (Å²) in [6.07, 6.45) is 1.64. The third-order valence-electron chi connectivity index (χ3n) is 3.32. The van der Waals surface area contributed by atoms with Crippen molar-refractivity contribution in [3.63, 3.8) is 0 Å². The molecule has 1 saturated heterocycles. The quantitative estimate of drug-likeness (QED) is 0.929. The van der Waals surface area contributed by atoms with Gasteiger partial charge in [0, 0.05) is 19.0 Å². The molecule has 2 atom stereocenters. The number of nitrogens with zero attached hydrogens (tertiary/aromatic N) is 2. The molecule has 2 unspecified atom stereocenters. The molecule has 20 heavy (non-hydrogen) atoms. The van der Waals surface area contributed by atoms with E-state index in [2.05, 4.69) is 0 Å². The van der Waals surface area contributed by atoms with Gasteiger partial charge in [0.1, 0.15) is 11.7 Å². The molecule has 2 heterocycles. The maximum Gasteiger partial charge on any atom is 0.327 e. The third kappa shape index (κ3) is 2.67. The second-order valence-corrected chi connectivity index (χ2v) is 6.77. The van der Waals surface area contributed by atoms with Crippen molar-refractivity contribution in [1.29, 1.82) is 0 Å². The number of aliphatic carboxylic acids is 1. The highest BCUT2D eigenvalue weighted by Gasteiger charge is 2.43. The van der Waals surface area contributed by atoms with E-state index in [1.807, 2.05) is 13.8 Å². The number of carboxylic acids is 1. The summed E-state index contributed by atoms with van der Waals surface area (Å²) in [6, 6.07) is 0.789. The predicted octanol–water partition coefficient (Wildman–Crippen LogP) is 2.30. The van der Waals surface area contributed by atoms with Gasteiger partial charge < -0.3 is 14.6 Å². The Morgan fingerprint density at radius 1 is 1.50 bits per heavy atom. The molecule has 1 aliphatic heterocycles. The lowest BCUT2D eigenvalue weighted by molar-refractivity contribution is -0.141. The fraction of sp³-hybridized carbons (Fsp3) is 0.538. The predicted molar refractivity (Wildman–Crippen MR) is 79.1 cm³/mol. The van der Waals surface area contributed by atoms with Crippen LogP contribution in [0, 0.1) is 5.92 Å². The van der Waals surface area contributed by atoms with Gasteiger partial charge in [-0.05, 0) is 12.0 Å². The summed E-state index contributed by atoms with van der Waals surface area (Å²) < 4.78 is 1.63. The molecule has 0 saturated carbocycles. The topological polar surface area (TPSA) is 62.5 Å². The summed E-state index contributed by atoms with van der Waals surface area (Å²) >= 11 is 7.41. The lowest BCUT2D eigenvalue weighted by Gasteiger charge is -2.29. The second kappa shape index (κ2) is 5.69. The van der Waals surface area contributed by atoms with Gasteiger partial charge in [-0.1, -0.05) is 25.4 Å². The minimum absolute atomic E-state index is 0.128. The second-order valence-electron chi connectivity index (χ2n) is 5.19. The van der Waals surface area contributed by atoms with Gasteiger partial charge in [-0.25, -0.2) is 4.79 Å². The van der Waals surface area contributed by atoms with E-state index in [-0.39, 0.29) is 17.2 Å². The number of hydrogen-bond donors (Lipinski definition) is 1. The van der Waals surface area contributed by atoms with E-state index in [4.69, 9.17) is 11.6 Å². The average Bonchev–Trinajstić information content (AvgIpc) is 2.91. The van der Waals surface area contributed by atoms with Gasteiger partial charge in [0.25, 0.3) is 5.91 Å². The molecule has 0 spiro atoms. The first-order valence-electron chi connectivity index (χ1n) is 6.32. The van der Waals surface area contributed by atoms with Crippen molar-refractivity contribution < 1.29 is 14.7 Å². The Morgan fingerprint density at radius 3 is 2.60 bits per heavy atom. The van der Waals surface area contributed by atoms with E-state index in [9.17, 15) is 14.7 Å². The molecule has 1 N–H and O–H groups in total. The largest absolute Gasteiger partial charge is 0.480 e. The zero-order valence-electron chi connectivity index (χ0n) is 11.5. The lowest BCUT2D eigenvalue weighted by atomic mass is 10.1. The highest BCUT2D eigenvalue weighted by atomic mass is 35.5. The summed E-state index contributed by atoms with van der Waals surface area (Å²) in [7, 11) is 1.72. The number of halogens is 1. The molecule has 2 rings (SSSR count). The minimum atomic E-state index is -0.964. The van der Waals surface area contributed by atoms with Crippen molar-refractivity contribution >= 4 is 35.2 Å². The van der Waals surface area contributed by atoms with Gasteiger partial charge in [-0.15, -0.1) is 11.8 Å². The number of carbonyl (C=O) groups is 2. The van der Waals surface area contributed by atoms with E-state index in [1.165, 1.54) is 16.7 Å². The van der Waals surface area contributed by atoms with Crippen LogP contribution in [0.4, 0.5) is 0 Å². The zero-order chi connectivity index (χ0) is 15.0. The number of hydrogen-bond acceptors (Lipinski definition) is 3. The Labute approximate surface area is 126 Å². The van der Waals surface area contributed by atoms with Crippen molar-refractivity contribution in [2.45, 2.75) is 25.3 Å². The molecule has 1 aromatic rings. The van der Waals surface area contributed by atoms with Gasteiger partial charge in [-0.2, -0.15) is 0 Å². The van der Waals surface area contributed by atoms with Crippen molar-refractivity contribution in [3.8, 4) is 0 Å². The van der Waals surface area contributed by atoms with Crippen LogP contribution >= 0.6 is 23.4 Å². The fourth-order valence-corrected chi connectivity index (χ4v) is 4.08. The van der Waals surface area contributed by atoms with Crippen LogP contribution < -0.4 is 0 Å². The number of amides is 1. The number of rotatable bonds is 3. The summed E-state index contributed by atoms with van der Waals surface area (Å²) in [6.45, 7) is 3.97. The molecule has 5 nitrogen and oxygen atoms in total. The number of thioether (sulfide) groups is 1. The van der Waals surface area contributed by atoms with Gasteiger partial charge in [-0.3, -0.25) is 4.79 Å².